The molecule has 1 spiro atoms. The number of rotatable bonds is 0. The highest BCUT2D eigenvalue weighted by atomic mass is 16.2. The molecule has 0 N–H and O–H groups in total. The third-order valence-electron chi connectivity index (χ3n) is 4.05. The molecular weight excluding hydrogens is 254 g/mol. The third kappa shape index (κ3) is 2.29. The summed E-state index contributed by atoms with van der Waals surface area (Å²) in [6.45, 7) is 6.78. The molecule has 108 valence electrons. The van der Waals surface area contributed by atoms with E-state index in [1.54, 1.807) is 0 Å². The second-order valence-electron chi connectivity index (χ2n) is 5.17. The maximum atomic E-state index is 12.3. The van der Waals surface area contributed by atoms with Gasteiger partial charge < -0.3 is 9.80 Å². The number of likely N-dealkylation sites (tertiary alicyclic amines) is 2. The summed E-state index contributed by atoms with van der Waals surface area (Å²) in [5.41, 5.74) is 0.296. The largest absolute Gasteiger partial charge is 0.329 e. The zero-order chi connectivity index (χ0) is 14.8. The molecule has 20 heavy (non-hydrogen) atoms. The van der Waals surface area contributed by atoms with Crippen molar-refractivity contribution in [1.82, 2.24) is 19.4 Å². The first-order chi connectivity index (χ1) is 9.64. The van der Waals surface area contributed by atoms with Gasteiger partial charge in [-0.1, -0.05) is 13.8 Å². The molecule has 1 unspecified atom stereocenters. The van der Waals surface area contributed by atoms with Crippen molar-refractivity contribution in [2.45, 2.75) is 32.2 Å². The topological polar surface area (TPSA) is 65.2 Å². The zero-order valence-corrected chi connectivity index (χ0v) is 12.3. The molecule has 0 aromatic carbocycles. The summed E-state index contributed by atoms with van der Waals surface area (Å²) in [7, 11) is 2.08. The zero-order valence-electron chi connectivity index (χ0n) is 12.3. The monoisotopic (exact) mass is 275 g/mol. The number of amides is 1. The van der Waals surface area contributed by atoms with Crippen molar-refractivity contribution < 1.29 is 4.79 Å². The highest BCUT2D eigenvalue weighted by molar-refractivity contribution is 5.79. The molecule has 1 atom stereocenters. The first-order valence-electron chi connectivity index (χ1n) is 7.09. The van der Waals surface area contributed by atoms with Crippen molar-refractivity contribution in [3.8, 4) is 6.07 Å². The predicted molar refractivity (Wildman–Crippen MR) is 75.3 cm³/mol. The number of hydrogen-bond donors (Lipinski definition) is 0. The Balaban J connectivity index is 0.000000704. The molecule has 1 aromatic heterocycles. The fraction of sp³-hybridized carbons (Fsp3) is 0.643. The van der Waals surface area contributed by atoms with Crippen LogP contribution >= 0.6 is 0 Å². The van der Waals surface area contributed by atoms with Crippen molar-refractivity contribution in [3.63, 3.8) is 0 Å². The van der Waals surface area contributed by atoms with Crippen molar-refractivity contribution in [1.29, 1.82) is 5.26 Å². The van der Waals surface area contributed by atoms with Crippen molar-refractivity contribution in [2.75, 3.05) is 26.7 Å². The molecule has 0 radical (unpaired) electrons. The molecule has 0 saturated carbocycles. The summed E-state index contributed by atoms with van der Waals surface area (Å²) in [4.78, 5) is 20.4. The normalized spacial score (nSPS) is 24.8. The SMILES string of the molecule is CC.CN1CCC2(CCN2C(=O)n2cnc(C#N)c2)C1. The van der Waals surface area contributed by atoms with Crippen LogP contribution in [0.25, 0.3) is 0 Å². The van der Waals surface area contributed by atoms with Gasteiger partial charge in [0.2, 0.25) is 0 Å². The summed E-state index contributed by atoms with van der Waals surface area (Å²) < 4.78 is 1.41. The van der Waals surface area contributed by atoms with Crippen LogP contribution in [-0.4, -0.2) is 57.6 Å². The molecule has 6 heteroatoms. The van der Waals surface area contributed by atoms with Gasteiger partial charge in [0.25, 0.3) is 0 Å². The minimum absolute atomic E-state index is 0.0168. The third-order valence-corrected chi connectivity index (χ3v) is 4.05. The Kier molecular flexibility index (Phi) is 4.09. The van der Waals surface area contributed by atoms with Crippen LogP contribution in [0.4, 0.5) is 4.79 Å². The van der Waals surface area contributed by atoms with Gasteiger partial charge in [0.1, 0.15) is 12.4 Å². The summed E-state index contributed by atoms with van der Waals surface area (Å²) in [5.74, 6) is 0. The number of imidazole rings is 1. The van der Waals surface area contributed by atoms with E-state index < -0.39 is 0 Å². The molecule has 2 aliphatic heterocycles. The second-order valence-corrected chi connectivity index (χ2v) is 5.17. The lowest BCUT2D eigenvalue weighted by atomic mass is 9.84. The van der Waals surface area contributed by atoms with Gasteiger partial charge in [0.15, 0.2) is 5.69 Å². The molecule has 2 aliphatic rings. The van der Waals surface area contributed by atoms with Gasteiger partial charge >= 0.3 is 6.03 Å². The second kappa shape index (κ2) is 5.63. The minimum Gasteiger partial charge on any atom is -0.317 e. The predicted octanol–water partition coefficient (Wildman–Crippen LogP) is 1.53. The molecule has 0 bridgehead atoms. The van der Waals surface area contributed by atoms with E-state index in [0.29, 0.717) is 0 Å². The number of aromatic nitrogens is 2. The van der Waals surface area contributed by atoms with E-state index >= 15 is 0 Å². The Morgan fingerprint density at radius 1 is 1.40 bits per heavy atom. The van der Waals surface area contributed by atoms with Crippen LogP contribution < -0.4 is 0 Å². The van der Waals surface area contributed by atoms with E-state index in [4.69, 9.17) is 5.26 Å². The first kappa shape index (κ1) is 14.5. The van der Waals surface area contributed by atoms with Gasteiger partial charge in [-0.3, -0.25) is 4.57 Å². The number of nitriles is 1. The van der Waals surface area contributed by atoms with Gasteiger partial charge in [-0.05, 0) is 19.9 Å². The van der Waals surface area contributed by atoms with Crippen LogP contribution in [0.3, 0.4) is 0 Å². The highest BCUT2D eigenvalue weighted by Crippen LogP contribution is 2.38. The van der Waals surface area contributed by atoms with Crippen LogP contribution in [-0.2, 0) is 0 Å². The van der Waals surface area contributed by atoms with Crippen molar-refractivity contribution in [3.05, 3.63) is 18.2 Å². The molecule has 3 rings (SSSR count). The van der Waals surface area contributed by atoms with Gasteiger partial charge in [0.05, 0.1) is 11.7 Å². The number of likely N-dealkylation sites (N-methyl/N-ethyl adjacent to an activating group) is 1. The van der Waals surface area contributed by atoms with Crippen molar-refractivity contribution >= 4 is 6.03 Å². The Hall–Kier alpha value is -1.87. The van der Waals surface area contributed by atoms with Crippen LogP contribution in [0.5, 0.6) is 0 Å². The average molecular weight is 275 g/mol. The lowest BCUT2D eigenvalue weighted by molar-refractivity contribution is 0.0332. The fourth-order valence-electron chi connectivity index (χ4n) is 2.95. The molecule has 3 heterocycles. The van der Waals surface area contributed by atoms with Crippen LogP contribution in [0, 0.1) is 11.3 Å². The first-order valence-corrected chi connectivity index (χ1v) is 7.09. The van der Waals surface area contributed by atoms with E-state index in [1.807, 2.05) is 24.8 Å². The van der Waals surface area contributed by atoms with Gasteiger partial charge in [-0.25, -0.2) is 9.78 Å². The minimum atomic E-state index is -0.0643. The number of hydrogen-bond acceptors (Lipinski definition) is 4. The van der Waals surface area contributed by atoms with Crippen LogP contribution in [0.2, 0.25) is 0 Å². The highest BCUT2D eigenvalue weighted by Gasteiger charge is 2.50. The summed E-state index contributed by atoms with van der Waals surface area (Å²) in [6.07, 6.45) is 5.02. The average Bonchev–Trinajstić information content (AvgIpc) is 3.07. The Labute approximate surface area is 119 Å². The molecule has 0 aliphatic carbocycles. The molecule has 2 saturated heterocycles. The quantitative estimate of drug-likeness (QED) is 0.720. The molecule has 1 aromatic rings. The number of nitrogens with zero attached hydrogens (tertiary/aromatic N) is 5. The summed E-state index contributed by atoms with van der Waals surface area (Å²) >= 11 is 0. The Morgan fingerprint density at radius 2 is 2.10 bits per heavy atom. The molecule has 2 fully saturated rings. The van der Waals surface area contributed by atoms with Gasteiger partial charge in [-0.15, -0.1) is 0 Å². The molecule has 6 nitrogen and oxygen atoms in total. The Bertz CT molecular complexity index is 532. The van der Waals surface area contributed by atoms with Crippen LogP contribution in [0.1, 0.15) is 32.4 Å². The Morgan fingerprint density at radius 3 is 2.55 bits per heavy atom. The fourth-order valence-corrected chi connectivity index (χ4v) is 2.95. The molecular formula is C14H21N5O. The van der Waals surface area contributed by atoms with E-state index in [2.05, 4.69) is 16.9 Å². The lowest BCUT2D eigenvalue weighted by Crippen LogP contribution is -2.64. The van der Waals surface area contributed by atoms with Crippen LogP contribution in [0.15, 0.2) is 12.5 Å². The maximum Gasteiger partial charge on any atom is 0.329 e. The standard InChI is InChI=1S/C12H15N5O.C2H6/c1-15-4-2-12(8-15)3-5-17(12)11(18)16-7-10(6-13)14-9-16;1-2/h7,9H,2-5,8H2,1H3;1-2H3. The van der Waals surface area contributed by atoms with E-state index in [-0.39, 0.29) is 17.3 Å². The number of carbonyl (C=O) groups excluding carboxylic acids is 1. The number of carbonyl (C=O) groups is 1. The van der Waals surface area contributed by atoms with Crippen molar-refractivity contribution in [2.24, 2.45) is 0 Å². The smallest absolute Gasteiger partial charge is 0.317 e. The van der Waals surface area contributed by atoms with Gasteiger partial charge in [0, 0.05) is 19.6 Å². The van der Waals surface area contributed by atoms with E-state index in [0.717, 1.165) is 32.5 Å². The van der Waals surface area contributed by atoms with E-state index in [1.165, 1.54) is 17.1 Å². The van der Waals surface area contributed by atoms with Gasteiger partial charge in [-0.2, -0.15) is 5.26 Å². The lowest BCUT2D eigenvalue weighted by Gasteiger charge is -2.50. The maximum absolute atomic E-state index is 12.3. The van der Waals surface area contributed by atoms with E-state index in [9.17, 15) is 4.79 Å². The molecule has 1 amide bonds. The summed E-state index contributed by atoms with van der Waals surface area (Å²) in [5, 5.41) is 8.72. The summed E-state index contributed by atoms with van der Waals surface area (Å²) in [6, 6.07) is 1.87.